The van der Waals surface area contributed by atoms with Gasteiger partial charge in [0.1, 0.15) is 6.04 Å². The number of para-hydroxylation sites is 1. The van der Waals surface area contributed by atoms with E-state index in [1.807, 2.05) is 49.4 Å². The summed E-state index contributed by atoms with van der Waals surface area (Å²) in [6.45, 7) is 2.14. The molecule has 1 atom stereocenters. The molecule has 3 aromatic carbocycles. The number of benzene rings is 3. The summed E-state index contributed by atoms with van der Waals surface area (Å²) in [5.74, 6) is -1.30. The lowest BCUT2D eigenvalue weighted by Crippen LogP contribution is -2.51. The van der Waals surface area contributed by atoms with Crippen LogP contribution in [0.4, 0.5) is 4.39 Å². The van der Waals surface area contributed by atoms with Gasteiger partial charge in [-0.25, -0.2) is 4.39 Å². The van der Waals surface area contributed by atoms with Gasteiger partial charge < -0.3 is 15.0 Å². The van der Waals surface area contributed by atoms with E-state index < -0.39 is 24.4 Å². The number of ether oxygens (including phenoxy) is 1. The lowest BCUT2D eigenvalue weighted by atomic mass is 10.0. The number of carbonyl (C=O) groups excluding carboxylic acids is 2. The van der Waals surface area contributed by atoms with Gasteiger partial charge in [0, 0.05) is 24.5 Å². The molecule has 34 heavy (non-hydrogen) atoms. The molecule has 5 nitrogen and oxygen atoms in total. The number of hydrogen-bond donors (Lipinski definition) is 1. The first-order chi connectivity index (χ1) is 16.5. The molecule has 3 aromatic rings. The molecule has 0 saturated carbocycles. The fraction of sp³-hybridized carbons (Fsp3) is 0.259. The number of carbonyl (C=O) groups is 2. The molecule has 1 N–H and O–H groups in total. The Morgan fingerprint density at radius 1 is 1.00 bits per heavy atom. The van der Waals surface area contributed by atoms with Crippen molar-refractivity contribution in [3.05, 3.63) is 101 Å². The monoisotopic (exact) mass is 482 g/mol. The lowest BCUT2D eigenvalue weighted by molar-refractivity contribution is -0.142. The van der Waals surface area contributed by atoms with Crippen LogP contribution in [0.15, 0.2) is 78.9 Å². The van der Waals surface area contributed by atoms with Crippen LogP contribution in [0.25, 0.3) is 0 Å². The van der Waals surface area contributed by atoms with Crippen LogP contribution in [0.3, 0.4) is 0 Å². The summed E-state index contributed by atoms with van der Waals surface area (Å²) in [6.07, 6.45) is 1.07. The average Bonchev–Trinajstić information content (AvgIpc) is 2.85. The predicted molar refractivity (Wildman–Crippen MR) is 131 cm³/mol. The van der Waals surface area contributed by atoms with Crippen LogP contribution in [0.1, 0.15) is 24.5 Å². The Morgan fingerprint density at radius 3 is 2.38 bits per heavy atom. The van der Waals surface area contributed by atoms with Gasteiger partial charge >= 0.3 is 0 Å². The topological polar surface area (TPSA) is 58.6 Å². The Hall–Kier alpha value is -3.38. The molecule has 1 unspecified atom stereocenters. The van der Waals surface area contributed by atoms with Crippen molar-refractivity contribution < 1.29 is 18.7 Å². The third-order valence-corrected chi connectivity index (χ3v) is 5.68. The van der Waals surface area contributed by atoms with Gasteiger partial charge in [-0.15, -0.1) is 0 Å². The largest absolute Gasteiger partial charge is 0.481 e. The van der Waals surface area contributed by atoms with Crippen molar-refractivity contribution in [2.45, 2.75) is 32.4 Å². The number of amides is 2. The summed E-state index contributed by atoms with van der Waals surface area (Å²) in [5.41, 5.74) is 1.61. The van der Waals surface area contributed by atoms with Gasteiger partial charge in [-0.3, -0.25) is 9.59 Å². The first kappa shape index (κ1) is 25.2. The standard InChI is InChI=1S/C27H28ClFN2O3/c1-2-16-30-27(33)24(17-20-10-4-3-5-11-20)31(18-21-12-6-7-13-22(21)28)26(32)19-34-25-15-9-8-14-23(25)29/h3-15,24H,2,16-19H2,1H3,(H,30,33). The van der Waals surface area contributed by atoms with Crippen molar-refractivity contribution in [1.29, 1.82) is 0 Å². The first-order valence-electron chi connectivity index (χ1n) is 11.2. The Bertz CT molecular complexity index is 1090. The van der Waals surface area contributed by atoms with Gasteiger partial charge in [-0.2, -0.15) is 0 Å². The third kappa shape index (κ3) is 7.06. The maximum Gasteiger partial charge on any atom is 0.261 e. The van der Waals surface area contributed by atoms with Gasteiger partial charge in [0.25, 0.3) is 5.91 Å². The van der Waals surface area contributed by atoms with E-state index in [0.29, 0.717) is 23.6 Å². The minimum atomic E-state index is -0.804. The Labute approximate surface area is 204 Å². The molecule has 0 spiro atoms. The minimum Gasteiger partial charge on any atom is -0.481 e. The van der Waals surface area contributed by atoms with Crippen LogP contribution in [0.5, 0.6) is 5.75 Å². The van der Waals surface area contributed by atoms with Crippen LogP contribution in [0.2, 0.25) is 5.02 Å². The molecule has 0 aliphatic rings. The minimum absolute atomic E-state index is 0.0245. The van der Waals surface area contributed by atoms with Gasteiger partial charge in [-0.05, 0) is 35.7 Å². The van der Waals surface area contributed by atoms with E-state index in [0.717, 1.165) is 12.0 Å². The highest BCUT2D eigenvalue weighted by molar-refractivity contribution is 6.31. The summed E-state index contributed by atoms with van der Waals surface area (Å²) < 4.78 is 19.5. The first-order valence-corrected chi connectivity index (χ1v) is 11.6. The molecular weight excluding hydrogens is 455 g/mol. The van der Waals surface area contributed by atoms with E-state index in [9.17, 15) is 14.0 Å². The quantitative estimate of drug-likeness (QED) is 0.417. The summed E-state index contributed by atoms with van der Waals surface area (Å²) in [7, 11) is 0. The zero-order chi connectivity index (χ0) is 24.3. The van der Waals surface area contributed by atoms with Crippen LogP contribution < -0.4 is 10.1 Å². The molecule has 3 rings (SSSR count). The Balaban J connectivity index is 1.91. The molecule has 0 aromatic heterocycles. The van der Waals surface area contributed by atoms with Crippen molar-refractivity contribution in [3.8, 4) is 5.75 Å². The SMILES string of the molecule is CCCNC(=O)C(Cc1ccccc1)N(Cc1ccccc1Cl)C(=O)COc1ccccc1F. The summed E-state index contributed by atoms with van der Waals surface area (Å²) in [4.78, 5) is 28.1. The fourth-order valence-corrected chi connectivity index (χ4v) is 3.71. The summed E-state index contributed by atoms with van der Waals surface area (Å²) in [5, 5.41) is 3.39. The van der Waals surface area contributed by atoms with Crippen molar-refractivity contribution in [2.24, 2.45) is 0 Å². The zero-order valence-corrected chi connectivity index (χ0v) is 19.8. The third-order valence-electron chi connectivity index (χ3n) is 5.31. The van der Waals surface area contributed by atoms with Crippen LogP contribution >= 0.6 is 11.6 Å². The van der Waals surface area contributed by atoms with Gasteiger partial charge in [0.05, 0.1) is 0 Å². The van der Waals surface area contributed by atoms with E-state index in [2.05, 4.69) is 5.32 Å². The Morgan fingerprint density at radius 2 is 1.68 bits per heavy atom. The van der Waals surface area contributed by atoms with Crippen LogP contribution in [0, 0.1) is 5.82 Å². The van der Waals surface area contributed by atoms with Crippen LogP contribution in [-0.4, -0.2) is 35.9 Å². The van der Waals surface area contributed by atoms with Crippen molar-refractivity contribution in [1.82, 2.24) is 10.2 Å². The normalized spacial score (nSPS) is 11.5. The van der Waals surface area contributed by atoms with E-state index in [-0.39, 0.29) is 18.2 Å². The molecular formula is C27H28ClFN2O3. The molecule has 0 fully saturated rings. The zero-order valence-electron chi connectivity index (χ0n) is 19.0. The summed E-state index contributed by atoms with van der Waals surface area (Å²) in [6, 6.07) is 21.7. The smallest absolute Gasteiger partial charge is 0.261 e. The molecule has 0 saturated heterocycles. The molecule has 178 valence electrons. The fourth-order valence-electron chi connectivity index (χ4n) is 3.51. The number of halogens is 2. The van der Waals surface area contributed by atoms with Crippen LogP contribution in [-0.2, 0) is 22.6 Å². The van der Waals surface area contributed by atoms with Crippen molar-refractivity contribution in [3.63, 3.8) is 0 Å². The van der Waals surface area contributed by atoms with Gasteiger partial charge in [0.15, 0.2) is 18.2 Å². The number of nitrogens with zero attached hydrogens (tertiary/aromatic N) is 1. The molecule has 0 aliphatic heterocycles. The molecule has 2 amide bonds. The van der Waals surface area contributed by atoms with Crippen molar-refractivity contribution in [2.75, 3.05) is 13.2 Å². The van der Waals surface area contributed by atoms with E-state index in [1.165, 1.54) is 17.0 Å². The predicted octanol–water partition coefficient (Wildman–Crippen LogP) is 5.02. The second kappa shape index (κ2) is 12.8. The van der Waals surface area contributed by atoms with Gasteiger partial charge in [0.2, 0.25) is 5.91 Å². The molecule has 0 radical (unpaired) electrons. The highest BCUT2D eigenvalue weighted by atomic mass is 35.5. The molecule has 0 heterocycles. The Kier molecular flexibility index (Phi) is 9.47. The summed E-state index contributed by atoms with van der Waals surface area (Å²) >= 11 is 6.38. The highest BCUT2D eigenvalue weighted by Gasteiger charge is 2.31. The highest BCUT2D eigenvalue weighted by Crippen LogP contribution is 2.21. The maximum atomic E-state index is 14.0. The van der Waals surface area contributed by atoms with Gasteiger partial charge in [-0.1, -0.05) is 79.2 Å². The van der Waals surface area contributed by atoms with E-state index in [4.69, 9.17) is 16.3 Å². The average molecular weight is 483 g/mol. The second-order valence-electron chi connectivity index (χ2n) is 7.83. The van der Waals surface area contributed by atoms with E-state index in [1.54, 1.807) is 24.3 Å². The number of rotatable bonds is 11. The number of nitrogens with one attached hydrogen (secondary N) is 1. The molecule has 0 bridgehead atoms. The second-order valence-corrected chi connectivity index (χ2v) is 8.24. The lowest BCUT2D eigenvalue weighted by Gasteiger charge is -2.31. The van der Waals surface area contributed by atoms with Crippen molar-refractivity contribution >= 4 is 23.4 Å². The number of hydrogen-bond acceptors (Lipinski definition) is 3. The maximum absolute atomic E-state index is 14.0. The molecule has 0 aliphatic carbocycles. The van der Waals surface area contributed by atoms with E-state index >= 15 is 0 Å². The molecule has 7 heteroatoms.